The maximum atomic E-state index is 11.5. The standard InChI is InChI=1S/C15H20O4/c1-4-18-14(16)9-12-7-6-11(3)13(8-12)10-15(17)19-5-2/h6-8H,4-5,9-10H2,1-3H3. The van der Waals surface area contributed by atoms with Crippen LogP contribution in [0.3, 0.4) is 0 Å². The molecular formula is C15H20O4. The quantitative estimate of drug-likeness (QED) is 0.739. The predicted molar refractivity (Wildman–Crippen MR) is 71.9 cm³/mol. The van der Waals surface area contributed by atoms with Gasteiger partial charge in [-0.05, 0) is 37.5 Å². The van der Waals surface area contributed by atoms with Gasteiger partial charge in [0.2, 0.25) is 0 Å². The van der Waals surface area contributed by atoms with Crippen molar-refractivity contribution in [3.05, 3.63) is 34.9 Å². The van der Waals surface area contributed by atoms with Crippen LogP contribution in [-0.4, -0.2) is 25.2 Å². The van der Waals surface area contributed by atoms with E-state index in [1.165, 1.54) is 0 Å². The first-order valence-electron chi connectivity index (χ1n) is 6.46. The summed E-state index contributed by atoms with van der Waals surface area (Å²) in [7, 11) is 0. The Hall–Kier alpha value is -1.84. The van der Waals surface area contributed by atoms with Crippen molar-refractivity contribution in [1.82, 2.24) is 0 Å². The van der Waals surface area contributed by atoms with E-state index in [1.807, 2.05) is 25.1 Å². The van der Waals surface area contributed by atoms with Gasteiger partial charge in [-0.1, -0.05) is 18.2 Å². The third-order valence-corrected chi connectivity index (χ3v) is 2.71. The summed E-state index contributed by atoms with van der Waals surface area (Å²) in [5, 5.41) is 0. The molecular weight excluding hydrogens is 244 g/mol. The van der Waals surface area contributed by atoms with Gasteiger partial charge in [0, 0.05) is 0 Å². The lowest BCUT2D eigenvalue weighted by Crippen LogP contribution is -2.10. The summed E-state index contributed by atoms with van der Waals surface area (Å²) in [4.78, 5) is 22.9. The SMILES string of the molecule is CCOC(=O)Cc1ccc(C)c(CC(=O)OCC)c1. The Balaban J connectivity index is 2.76. The van der Waals surface area contributed by atoms with Crippen molar-refractivity contribution in [3.8, 4) is 0 Å². The average Bonchev–Trinajstić information content (AvgIpc) is 2.34. The Labute approximate surface area is 113 Å². The Morgan fingerprint density at radius 3 is 2.16 bits per heavy atom. The molecule has 0 unspecified atom stereocenters. The molecule has 0 bridgehead atoms. The number of benzene rings is 1. The number of carbonyl (C=O) groups is 2. The number of hydrogen-bond donors (Lipinski definition) is 0. The number of esters is 2. The third-order valence-electron chi connectivity index (χ3n) is 2.71. The van der Waals surface area contributed by atoms with E-state index in [2.05, 4.69) is 0 Å². The number of aryl methyl sites for hydroxylation is 1. The summed E-state index contributed by atoms with van der Waals surface area (Å²) >= 11 is 0. The van der Waals surface area contributed by atoms with E-state index in [0.29, 0.717) is 13.2 Å². The zero-order valence-electron chi connectivity index (χ0n) is 11.7. The minimum absolute atomic E-state index is 0.226. The van der Waals surface area contributed by atoms with Crippen LogP contribution in [-0.2, 0) is 31.9 Å². The molecule has 0 radical (unpaired) electrons. The van der Waals surface area contributed by atoms with Crippen LogP contribution >= 0.6 is 0 Å². The van der Waals surface area contributed by atoms with E-state index in [-0.39, 0.29) is 24.8 Å². The van der Waals surface area contributed by atoms with Crippen molar-refractivity contribution < 1.29 is 19.1 Å². The molecule has 0 saturated carbocycles. The Kier molecular flexibility index (Phi) is 6.06. The maximum absolute atomic E-state index is 11.5. The summed E-state index contributed by atoms with van der Waals surface area (Å²) in [6, 6.07) is 5.65. The molecule has 4 nitrogen and oxygen atoms in total. The molecule has 1 rings (SSSR count). The fourth-order valence-electron chi connectivity index (χ4n) is 1.77. The number of hydrogen-bond acceptors (Lipinski definition) is 4. The van der Waals surface area contributed by atoms with E-state index < -0.39 is 0 Å². The van der Waals surface area contributed by atoms with Crippen LogP contribution in [0.2, 0.25) is 0 Å². The number of carbonyl (C=O) groups excluding carboxylic acids is 2. The molecule has 0 amide bonds. The first-order valence-corrected chi connectivity index (χ1v) is 6.46. The van der Waals surface area contributed by atoms with Gasteiger partial charge in [0.15, 0.2) is 0 Å². The van der Waals surface area contributed by atoms with Crippen LogP contribution in [0.5, 0.6) is 0 Å². The molecule has 19 heavy (non-hydrogen) atoms. The topological polar surface area (TPSA) is 52.6 Å². The zero-order valence-corrected chi connectivity index (χ0v) is 11.7. The Morgan fingerprint density at radius 1 is 1.00 bits per heavy atom. The Bertz CT molecular complexity index is 451. The normalized spacial score (nSPS) is 10.1. The lowest BCUT2D eigenvalue weighted by molar-refractivity contribution is -0.143. The first kappa shape index (κ1) is 15.2. The van der Waals surface area contributed by atoms with Crippen LogP contribution in [0.1, 0.15) is 30.5 Å². The first-order chi connectivity index (χ1) is 9.06. The molecule has 0 atom stereocenters. The van der Waals surface area contributed by atoms with Gasteiger partial charge in [-0.3, -0.25) is 9.59 Å². The van der Waals surface area contributed by atoms with E-state index in [4.69, 9.17) is 9.47 Å². The van der Waals surface area contributed by atoms with Crippen molar-refractivity contribution in [2.45, 2.75) is 33.6 Å². The van der Waals surface area contributed by atoms with Gasteiger partial charge in [-0.15, -0.1) is 0 Å². The molecule has 104 valence electrons. The number of ether oxygens (including phenoxy) is 2. The molecule has 0 spiro atoms. The van der Waals surface area contributed by atoms with Crippen molar-refractivity contribution in [2.75, 3.05) is 13.2 Å². The fourth-order valence-corrected chi connectivity index (χ4v) is 1.77. The minimum Gasteiger partial charge on any atom is -0.466 e. The highest BCUT2D eigenvalue weighted by Crippen LogP contribution is 2.13. The molecule has 0 aromatic heterocycles. The van der Waals surface area contributed by atoms with Gasteiger partial charge in [-0.2, -0.15) is 0 Å². The van der Waals surface area contributed by atoms with Crippen LogP contribution in [0, 0.1) is 6.92 Å². The van der Waals surface area contributed by atoms with Crippen LogP contribution in [0.15, 0.2) is 18.2 Å². The maximum Gasteiger partial charge on any atom is 0.310 e. The van der Waals surface area contributed by atoms with E-state index in [0.717, 1.165) is 16.7 Å². The molecule has 1 aromatic carbocycles. The van der Waals surface area contributed by atoms with E-state index in [1.54, 1.807) is 13.8 Å². The van der Waals surface area contributed by atoms with E-state index in [9.17, 15) is 9.59 Å². The highest BCUT2D eigenvalue weighted by atomic mass is 16.5. The Morgan fingerprint density at radius 2 is 1.58 bits per heavy atom. The van der Waals surface area contributed by atoms with Gasteiger partial charge < -0.3 is 9.47 Å². The third kappa shape index (κ3) is 5.12. The van der Waals surface area contributed by atoms with Gasteiger partial charge in [0.05, 0.1) is 26.1 Å². The summed E-state index contributed by atoms with van der Waals surface area (Å²) in [5.74, 6) is -0.507. The molecule has 0 aliphatic heterocycles. The lowest BCUT2D eigenvalue weighted by Gasteiger charge is -2.08. The second-order valence-corrected chi connectivity index (χ2v) is 4.22. The molecule has 0 aliphatic rings. The van der Waals surface area contributed by atoms with E-state index >= 15 is 0 Å². The smallest absolute Gasteiger partial charge is 0.310 e. The van der Waals surface area contributed by atoms with Crippen LogP contribution in [0.4, 0.5) is 0 Å². The summed E-state index contributed by atoms with van der Waals surface area (Å²) in [6.45, 7) is 6.24. The predicted octanol–water partition coefficient (Wildman–Crippen LogP) is 2.21. The largest absolute Gasteiger partial charge is 0.466 e. The van der Waals surface area contributed by atoms with Crippen molar-refractivity contribution in [3.63, 3.8) is 0 Å². The van der Waals surface area contributed by atoms with Crippen LogP contribution < -0.4 is 0 Å². The molecule has 0 N–H and O–H groups in total. The molecule has 0 fully saturated rings. The summed E-state index contributed by atoms with van der Waals surface area (Å²) < 4.78 is 9.83. The highest BCUT2D eigenvalue weighted by Gasteiger charge is 2.10. The van der Waals surface area contributed by atoms with Gasteiger partial charge in [0.1, 0.15) is 0 Å². The number of rotatable bonds is 6. The van der Waals surface area contributed by atoms with Gasteiger partial charge in [0.25, 0.3) is 0 Å². The van der Waals surface area contributed by atoms with Gasteiger partial charge in [-0.25, -0.2) is 0 Å². The molecule has 0 heterocycles. The monoisotopic (exact) mass is 264 g/mol. The molecule has 0 saturated heterocycles. The summed E-state index contributed by atoms with van der Waals surface area (Å²) in [5.41, 5.74) is 2.75. The van der Waals surface area contributed by atoms with Crippen molar-refractivity contribution >= 4 is 11.9 Å². The second-order valence-electron chi connectivity index (χ2n) is 4.22. The molecule has 1 aromatic rings. The second kappa shape index (κ2) is 7.56. The van der Waals surface area contributed by atoms with Crippen molar-refractivity contribution in [2.24, 2.45) is 0 Å². The van der Waals surface area contributed by atoms with Crippen LogP contribution in [0.25, 0.3) is 0 Å². The highest BCUT2D eigenvalue weighted by molar-refractivity contribution is 5.74. The summed E-state index contributed by atoms with van der Waals surface area (Å²) in [6.07, 6.45) is 0.459. The molecule has 0 aliphatic carbocycles. The average molecular weight is 264 g/mol. The minimum atomic E-state index is -0.256. The van der Waals surface area contributed by atoms with Crippen molar-refractivity contribution in [1.29, 1.82) is 0 Å². The lowest BCUT2D eigenvalue weighted by atomic mass is 10.0. The fraction of sp³-hybridized carbons (Fsp3) is 0.467. The zero-order chi connectivity index (χ0) is 14.3. The van der Waals surface area contributed by atoms with Gasteiger partial charge >= 0.3 is 11.9 Å². The molecule has 4 heteroatoms.